The number of fused-ring (bicyclic) bond motifs is 1. The van der Waals surface area contributed by atoms with E-state index < -0.39 is 0 Å². The molecule has 80 valence electrons. The van der Waals surface area contributed by atoms with Crippen LogP contribution in [0.15, 0.2) is 18.2 Å². The molecule has 4 heteroatoms. The molecule has 3 nitrogen and oxygen atoms in total. The molecule has 0 radical (unpaired) electrons. The average Bonchev–Trinajstić information content (AvgIpc) is 2.32. The quantitative estimate of drug-likeness (QED) is 0.672. The summed E-state index contributed by atoms with van der Waals surface area (Å²) in [6.45, 7) is 1.55. The highest BCUT2D eigenvalue weighted by Gasteiger charge is 2.24. The summed E-state index contributed by atoms with van der Waals surface area (Å²) in [6, 6.07) is 5.56. The second-order valence-electron chi connectivity index (χ2n) is 3.78. The number of likely N-dealkylation sites (N-methyl/N-ethyl adjacent to an activating group) is 2. The van der Waals surface area contributed by atoms with E-state index >= 15 is 0 Å². The van der Waals surface area contributed by atoms with E-state index in [1.54, 1.807) is 18.0 Å². The molecule has 0 saturated heterocycles. The highest BCUT2D eigenvalue weighted by molar-refractivity contribution is 6.34. The maximum atomic E-state index is 12.0. The molecule has 1 aliphatic rings. The molecule has 1 heterocycles. The van der Waals surface area contributed by atoms with Crippen LogP contribution in [-0.2, 0) is 0 Å². The van der Waals surface area contributed by atoms with E-state index in [4.69, 9.17) is 11.6 Å². The van der Waals surface area contributed by atoms with Crippen LogP contribution in [-0.4, -0.2) is 38.0 Å². The number of anilines is 1. The van der Waals surface area contributed by atoms with Crippen LogP contribution in [0.2, 0.25) is 5.02 Å². The number of halogens is 1. The van der Waals surface area contributed by atoms with Crippen molar-refractivity contribution in [2.24, 2.45) is 0 Å². The molecular formula is C11H13ClN2O. The number of hydrogen-bond acceptors (Lipinski definition) is 2. The van der Waals surface area contributed by atoms with E-state index in [0.29, 0.717) is 10.6 Å². The fraction of sp³-hybridized carbons (Fsp3) is 0.364. The van der Waals surface area contributed by atoms with Crippen LogP contribution >= 0.6 is 11.6 Å². The van der Waals surface area contributed by atoms with Gasteiger partial charge in [0.2, 0.25) is 0 Å². The number of amides is 1. The van der Waals surface area contributed by atoms with Crippen LogP contribution in [0.5, 0.6) is 0 Å². The molecule has 1 amide bonds. The minimum atomic E-state index is -0.0000463. The lowest BCUT2D eigenvalue weighted by Crippen LogP contribution is -2.30. The fourth-order valence-electron chi connectivity index (χ4n) is 1.76. The number of carbonyl (C=O) groups excluding carboxylic acids is 1. The molecule has 2 rings (SSSR count). The van der Waals surface area contributed by atoms with Gasteiger partial charge in [-0.3, -0.25) is 4.79 Å². The minimum absolute atomic E-state index is 0.0000463. The van der Waals surface area contributed by atoms with Crippen LogP contribution in [0, 0.1) is 0 Å². The standard InChI is InChI=1S/C11H13ClN2O/c1-13-6-7-14(2)11(15)10-8(12)4-3-5-9(10)13/h3-5H,6-7H2,1-2H3. The summed E-state index contributed by atoms with van der Waals surface area (Å²) in [5, 5.41) is 0.526. The molecule has 0 fully saturated rings. The van der Waals surface area contributed by atoms with Gasteiger partial charge in [-0.25, -0.2) is 0 Å². The summed E-state index contributed by atoms with van der Waals surface area (Å²) in [5.74, 6) is -0.0000463. The van der Waals surface area contributed by atoms with Crippen molar-refractivity contribution in [2.45, 2.75) is 0 Å². The van der Waals surface area contributed by atoms with Crippen molar-refractivity contribution in [3.63, 3.8) is 0 Å². The third-order valence-electron chi connectivity index (χ3n) is 2.73. The zero-order valence-electron chi connectivity index (χ0n) is 8.83. The first-order valence-corrected chi connectivity index (χ1v) is 5.24. The molecule has 1 aromatic carbocycles. The Morgan fingerprint density at radius 1 is 1.20 bits per heavy atom. The topological polar surface area (TPSA) is 23.6 Å². The van der Waals surface area contributed by atoms with Gasteiger partial charge < -0.3 is 9.80 Å². The van der Waals surface area contributed by atoms with Crippen molar-refractivity contribution in [3.8, 4) is 0 Å². The van der Waals surface area contributed by atoms with Gasteiger partial charge in [0.15, 0.2) is 0 Å². The number of benzene rings is 1. The molecule has 0 aliphatic carbocycles. The van der Waals surface area contributed by atoms with E-state index in [1.165, 1.54) is 0 Å². The van der Waals surface area contributed by atoms with Crippen LogP contribution in [0.1, 0.15) is 10.4 Å². The number of carbonyl (C=O) groups is 1. The van der Waals surface area contributed by atoms with Gasteiger partial charge in [-0.1, -0.05) is 17.7 Å². The van der Waals surface area contributed by atoms with E-state index in [-0.39, 0.29) is 5.91 Å². The normalized spacial score (nSPS) is 16.3. The Morgan fingerprint density at radius 2 is 1.87 bits per heavy atom. The van der Waals surface area contributed by atoms with E-state index in [1.807, 2.05) is 19.2 Å². The average molecular weight is 225 g/mol. The van der Waals surface area contributed by atoms with E-state index in [0.717, 1.165) is 18.8 Å². The predicted molar refractivity (Wildman–Crippen MR) is 61.7 cm³/mol. The first-order chi connectivity index (χ1) is 7.11. The van der Waals surface area contributed by atoms with Crippen LogP contribution in [0.25, 0.3) is 0 Å². The highest BCUT2D eigenvalue weighted by Crippen LogP contribution is 2.29. The van der Waals surface area contributed by atoms with Crippen molar-refractivity contribution in [1.82, 2.24) is 4.90 Å². The Labute approximate surface area is 94.2 Å². The van der Waals surface area contributed by atoms with Crippen molar-refractivity contribution < 1.29 is 4.79 Å². The number of nitrogens with zero attached hydrogens (tertiary/aromatic N) is 2. The van der Waals surface area contributed by atoms with Gasteiger partial charge >= 0.3 is 0 Å². The summed E-state index contributed by atoms with van der Waals surface area (Å²) < 4.78 is 0. The largest absolute Gasteiger partial charge is 0.372 e. The first-order valence-electron chi connectivity index (χ1n) is 4.86. The van der Waals surface area contributed by atoms with Gasteiger partial charge in [0.1, 0.15) is 0 Å². The molecule has 0 spiro atoms. The maximum absolute atomic E-state index is 12.0. The lowest BCUT2D eigenvalue weighted by molar-refractivity contribution is 0.0805. The molecule has 1 aromatic rings. The summed E-state index contributed by atoms with van der Waals surface area (Å²) in [6.07, 6.45) is 0. The molecule has 0 atom stereocenters. The first kappa shape index (κ1) is 10.3. The Kier molecular flexibility index (Phi) is 2.57. The lowest BCUT2D eigenvalue weighted by Gasteiger charge is -2.18. The van der Waals surface area contributed by atoms with Gasteiger partial charge in [0.05, 0.1) is 16.3 Å². The van der Waals surface area contributed by atoms with E-state index in [9.17, 15) is 4.79 Å². The fourth-order valence-corrected chi connectivity index (χ4v) is 2.01. The summed E-state index contributed by atoms with van der Waals surface area (Å²) in [7, 11) is 3.77. The summed E-state index contributed by atoms with van der Waals surface area (Å²) in [4.78, 5) is 15.8. The Balaban J connectivity index is 2.60. The van der Waals surface area contributed by atoms with Gasteiger partial charge in [-0.2, -0.15) is 0 Å². The SMILES string of the molecule is CN1CCN(C)c2cccc(Cl)c2C1=O. The Bertz CT molecular complexity index is 406. The van der Waals surface area contributed by atoms with Crippen molar-refractivity contribution in [3.05, 3.63) is 28.8 Å². The second-order valence-corrected chi connectivity index (χ2v) is 4.19. The third kappa shape index (κ3) is 1.67. The molecule has 0 bridgehead atoms. The number of rotatable bonds is 0. The third-order valence-corrected chi connectivity index (χ3v) is 3.05. The van der Waals surface area contributed by atoms with Crippen molar-refractivity contribution in [1.29, 1.82) is 0 Å². The maximum Gasteiger partial charge on any atom is 0.257 e. The molecule has 0 saturated carbocycles. The second kappa shape index (κ2) is 3.74. The van der Waals surface area contributed by atoms with E-state index in [2.05, 4.69) is 4.90 Å². The number of hydrogen-bond donors (Lipinski definition) is 0. The molecule has 0 N–H and O–H groups in total. The van der Waals surface area contributed by atoms with Gasteiger partial charge in [0.25, 0.3) is 5.91 Å². The van der Waals surface area contributed by atoms with Crippen LogP contribution in [0.3, 0.4) is 0 Å². The molecule has 1 aliphatic heterocycles. The zero-order chi connectivity index (χ0) is 11.0. The van der Waals surface area contributed by atoms with Gasteiger partial charge in [-0.15, -0.1) is 0 Å². The molecule has 0 unspecified atom stereocenters. The van der Waals surface area contributed by atoms with Gasteiger partial charge in [0, 0.05) is 27.2 Å². The van der Waals surface area contributed by atoms with Gasteiger partial charge in [-0.05, 0) is 12.1 Å². The minimum Gasteiger partial charge on any atom is -0.372 e. The van der Waals surface area contributed by atoms with Crippen molar-refractivity contribution >= 4 is 23.2 Å². The molecule has 0 aromatic heterocycles. The van der Waals surface area contributed by atoms with Crippen LogP contribution < -0.4 is 4.90 Å². The smallest absolute Gasteiger partial charge is 0.257 e. The summed E-state index contributed by atoms with van der Waals surface area (Å²) >= 11 is 6.07. The predicted octanol–water partition coefficient (Wildman–Crippen LogP) is 1.86. The Hall–Kier alpha value is -1.22. The molecule has 15 heavy (non-hydrogen) atoms. The highest BCUT2D eigenvalue weighted by atomic mass is 35.5. The lowest BCUT2D eigenvalue weighted by atomic mass is 10.1. The zero-order valence-corrected chi connectivity index (χ0v) is 9.58. The van der Waals surface area contributed by atoms with Crippen LogP contribution in [0.4, 0.5) is 5.69 Å². The monoisotopic (exact) mass is 224 g/mol. The Morgan fingerprint density at radius 3 is 2.60 bits per heavy atom. The summed E-state index contributed by atoms with van der Waals surface area (Å²) in [5.41, 5.74) is 1.53. The van der Waals surface area contributed by atoms with Crippen molar-refractivity contribution in [2.75, 3.05) is 32.1 Å². The molecular weight excluding hydrogens is 212 g/mol.